The zero-order valence-corrected chi connectivity index (χ0v) is 9.88. The number of carbonyl (C=O) groups is 2. The number of nitrogens with zero attached hydrogens (tertiary/aromatic N) is 1. The second-order valence-electron chi connectivity index (χ2n) is 3.58. The Bertz CT molecular complexity index is 459. The molecule has 1 aromatic rings. The van der Waals surface area contributed by atoms with E-state index in [0.29, 0.717) is 35.1 Å². The lowest BCUT2D eigenvalue weighted by molar-refractivity contribution is -0.137. The zero-order chi connectivity index (χ0) is 11.7. The first-order valence-corrected chi connectivity index (χ1v) is 5.65. The summed E-state index contributed by atoms with van der Waals surface area (Å²) in [4.78, 5) is 24.3. The van der Waals surface area contributed by atoms with Crippen molar-refractivity contribution < 1.29 is 9.59 Å². The fourth-order valence-corrected chi connectivity index (χ4v) is 1.95. The molecule has 0 aromatic heterocycles. The van der Waals surface area contributed by atoms with Gasteiger partial charge >= 0.3 is 0 Å². The Hall–Kier alpha value is -1.06. The number of halogens is 2. The zero-order valence-electron chi connectivity index (χ0n) is 8.37. The molecule has 5 heteroatoms. The largest absolute Gasteiger partial charge is 0.306 e. The lowest BCUT2D eigenvalue weighted by atomic mass is 10.1. The molecule has 1 aromatic carbocycles. The van der Waals surface area contributed by atoms with Gasteiger partial charge in [-0.1, -0.05) is 23.2 Å². The van der Waals surface area contributed by atoms with Crippen LogP contribution in [0.25, 0.3) is 0 Å². The topological polar surface area (TPSA) is 37.4 Å². The van der Waals surface area contributed by atoms with E-state index in [0.717, 1.165) is 0 Å². The van der Waals surface area contributed by atoms with Crippen molar-refractivity contribution in [1.82, 2.24) is 0 Å². The summed E-state index contributed by atoms with van der Waals surface area (Å²) in [7, 11) is 0. The average Bonchev–Trinajstić information content (AvgIpc) is 2.26. The summed E-state index contributed by atoms with van der Waals surface area (Å²) >= 11 is 11.6. The maximum atomic E-state index is 11.6. The lowest BCUT2D eigenvalue weighted by Gasteiger charge is -2.25. The summed E-state index contributed by atoms with van der Waals surface area (Å²) in [5.41, 5.74) is 0.618. The standard InChI is InChI=1S/C11H9Cl2NO2/c12-8-4-3-7(6-9(8)13)14-5-1-2-10(15)11(14)16/h3-4,6H,1-2,5H2. The first-order chi connectivity index (χ1) is 7.59. The average molecular weight is 258 g/mol. The second-order valence-corrected chi connectivity index (χ2v) is 4.40. The summed E-state index contributed by atoms with van der Waals surface area (Å²) in [6, 6.07) is 4.90. The van der Waals surface area contributed by atoms with Crippen molar-refractivity contribution in [3.63, 3.8) is 0 Å². The molecule has 0 atom stereocenters. The Balaban J connectivity index is 2.32. The molecule has 3 nitrogen and oxygen atoms in total. The molecule has 1 heterocycles. The van der Waals surface area contributed by atoms with Crippen LogP contribution in [0.1, 0.15) is 12.8 Å². The van der Waals surface area contributed by atoms with Crippen molar-refractivity contribution in [3.8, 4) is 0 Å². The number of piperidine rings is 1. The fourth-order valence-electron chi connectivity index (χ4n) is 1.66. The van der Waals surface area contributed by atoms with Gasteiger partial charge in [0.05, 0.1) is 10.0 Å². The van der Waals surface area contributed by atoms with Crippen LogP contribution in [0.2, 0.25) is 10.0 Å². The number of hydrogen-bond acceptors (Lipinski definition) is 2. The molecular formula is C11H9Cl2NO2. The molecule has 16 heavy (non-hydrogen) atoms. The van der Waals surface area contributed by atoms with Crippen molar-refractivity contribution in [1.29, 1.82) is 0 Å². The Morgan fingerprint density at radius 2 is 1.88 bits per heavy atom. The van der Waals surface area contributed by atoms with E-state index >= 15 is 0 Å². The van der Waals surface area contributed by atoms with Crippen LogP contribution >= 0.6 is 23.2 Å². The Kier molecular flexibility index (Phi) is 3.17. The minimum absolute atomic E-state index is 0.330. The van der Waals surface area contributed by atoms with Gasteiger partial charge in [0.2, 0.25) is 5.78 Å². The van der Waals surface area contributed by atoms with Crippen molar-refractivity contribution in [2.75, 3.05) is 11.4 Å². The number of Topliss-reactive ketones (excluding diaryl/α,β-unsaturated/α-hetero) is 1. The molecule has 0 radical (unpaired) electrons. The first-order valence-electron chi connectivity index (χ1n) is 4.89. The highest BCUT2D eigenvalue weighted by Crippen LogP contribution is 2.28. The smallest absolute Gasteiger partial charge is 0.294 e. The van der Waals surface area contributed by atoms with E-state index in [1.807, 2.05) is 0 Å². The van der Waals surface area contributed by atoms with Crippen LogP contribution in [0.5, 0.6) is 0 Å². The summed E-state index contributed by atoms with van der Waals surface area (Å²) < 4.78 is 0. The number of ketones is 1. The van der Waals surface area contributed by atoms with Crippen molar-refractivity contribution >= 4 is 40.6 Å². The molecular weight excluding hydrogens is 249 g/mol. The third-order valence-electron chi connectivity index (χ3n) is 2.48. The highest BCUT2D eigenvalue weighted by Gasteiger charge is 2.27. The number of benzene rings is 1. The van der Waals surface area contributed by atoms with Crippen molar-refractivity contribution in [2.45, 2.75) is 12.8 Å². The number of hydrogen-bond donors (Lipinski definition) is 0. The van der Waals surface area contributed by atoms with Gasteiger partial charge in [-0.05, 0) is 24.6 Å². The van der Waals surface area contributed by atoms with Gasteiger partial charge in [-0.25, -0.2) is 0 Å². The van der Waals surface area contributed by atoms with Crippen LogP contribution < -0.4 is 4.90 Å². The summed E-state index contributed by atoms with van der Waals surface area (Å²) in [5, 5.41) is 0.811. The van der Waals surface area contributed by atoms with E-state index in [9.17, 15) is 9.59 Å². The van der Waals surface area contributed by atoms with Crippen LogP contribution in [0.15, 0.2) is 18.2 Å². The first kappa shape index (κ1) is 11.4. The molecule has 0 N–H and O–H groups in total. The maximum Gasteiger partial charge on any atom is 0.294 e. The van der Waals surface area contributed by atoms with Gasteiger partial charge in [0.25, 0.3) is 5.91 Å². The summed E-state index contributed by atoms with van der Waals surface area (Å²) in [6.45, 7) is 0.544. The number of carbonyl (C=O) groups excluding carboxylic acids is 2. The molecule has 0 saturated carbocycles. The second kappa shape index (κ2) is 4.44. The van der Waals surface area contributed by atoms with Crippen molar-refractivity contribution in [2.24, 2.45) is 0 Å². The van der Waals surface area contributed by atoms with Crippen LogP contribution in [-0.2, 0) is 9.59 Å². The van der Waals surface area contributed by atoms with Gasteiger partial charge in [0, 0.05) is 18.7 Å². The third-order valence-corrected chi connectivity index (χ3v) is 3.22. The Morgan fingerprint density at radius 1 is 1.12 bits per heavy atom. The number of anilines is 1. The molecule has 2 rings (SSSR count). The molecule has 1 aliphatic heterocycles. The molecule has 1 aliphatic rings. The summed E-state index contributed by atoms with van der Waals surface area (Å²) in [5.74, 6) is -0.818. The minimum Gasteiger partial charge on any atom is -0.306 e. The SMILES string of the molecule is O=C1CCCN(c2ccc(Cl)c(Cl)c2)C1=O. The molecule has 84 valence electrons. The highest BCUT2D eigenvalue weighted by atomic mass is 35.5. The van der Waals surface area contributed by atoms with Gasteiger partial charge in [-0.2, -0.15) is 0 Å². The maximum absolute atomic E-state index is 11.6. The van der Waals surface area contributed by atoms with E-state index < -0.39 is 5.91 Å². The van der Waals surface area contributed by atoms with Gasteiger partial charge < -0.3 is 4.90 Å². The van der Waals surface area contributed by atoms with Crippen LogP contribution in [0.3, 0.4) is 0 Å². The highest BCUT2D eigenvalue weighted by molar-refractivity contribution is 6.43. The monoisotopic (exact) mass is 257 g/mol. The van der Waals surface area contributed by atoms with Gasteiger partial charge in [0.1, 0.15) is 0 Å². The normalized spacial score (nSPS) is 16.8. The Labute approximate surface area is 103 Å². The predicted molar refractivity (Wildman–Crippen MR) is 63.1 cm³/mol. The quantitative estimate of drug-likeness (QED) is 0.726. The molecule has 0 unspecified atom stereocenters. The van der Waals surface area contributed by atoms with E-state index in [1.165, 1.54) is 4.90 Å². The van der Waals surface area contributed by atoms with Gasteiger partial charge in [-0.3, -0.25) is 9.59 Å². The van der Waals surface area contributed by atoms with Crippen LogP contribution in [0, 0.1) is 0 Å². The molecule has 1 amide bonds. The van der Waals surface area contributed by atoms with E-state index in [1.54, 1.807) is 18.2 Å². The molecule has 0 spiro atoms. The van der Waals surface area contributed by atoms with E-state index in [-0.39, 0.29) is 5.78 Å². The molecule has 1 saturated heterocycles. The predicted octanol–water partition coefficient (Wildman–Crippen LogP) is 2.69. The minimum atomic E-state index is -0.468. The molecule has 0 bridgehead atoms. The number of rotatable bonds is 1. The van der Waals surface area contributed by atoms with E-state index in [2.05, 4.69) is 0 Å². The fraction of sp³-hybridized carbons (Fsp3) is 0.273. The lowest BCUT2D eigenvalue weighted by Crippen LogP contribution is -2.41. The number of amides is 1. The molecule has 0 aliphatic carbocycles. The van der Waals surface area contributed by atoms with Gasteiger partial charge in [-0.15, -0.1) is 0 Å². The summed E-state index contributed by atoms with van der Waals surface area (Å²) in [6.07, 6.45) is 1.02. The van der Waals surface area contributed by atoms with Crippen molar-refractivity contribution in [3.05, 3.63) is 28.2 Å². The Morgan fingerprint density at radius 3 is 2.56 bits per heavy atom. The van der Waals surface area contributed by atoms with E-state index in [4.69, 9.17) is 23.2 Å². The molecule has 1 fully saturated rings. The third kappa shape index (κ3) is 2.06. The van der Waals surface area contributed by atoms with Crippen LogP contribution in [0.4, 0.5) is 5.69 Å². The van der Waals surface area contributed by atoms with Crippen LogP contribution in [-0.4, -0.2) is 18.2 Å². The van der Waals surface area contributed by atoms with Gasteiger partial charge in [0.15, 0.2) is 0 Å².